The molecule has 3 aromatic carbocycles. The number of phenols is 1. The zero-order valence-corrected chi connectivity index (χ0v) is 10.5. The zero-order valence-electron chi connectivity index (χ0n) is 10.5. The molecule has 0 heterocycles. The fraction of sp³-hybridized carbons (Fsp3) is 0. The summed E-state index contributed by atoms with van der Waals surface area (Å²) in [7, 11) is 0. The molecular weight excluding hydrogens is 232 g/mol. The highest BCUT2D eigenvalue weighted by molar-refractivity contribution is 5.98. The molecular formula is C18H14O. The maximum Gasteiger partial charge on any atom is 0.123 e. The van der Waals surface area contributed by atoms with Crippen molar-refractivity contribution in [3.05, 3.63) is 72.8 Å². The van der Waals surface area contributed by atoms with Gasteiger partial charge < -0.3 is 5.11 Å². The van der Waals surface area contributed by atoms with Gasteiger partial charge in [-0.05, 0) is 34.0 Å². The highest BCUT2D eigenvalue weighted by atomic mass is 16.3. The van der Waals surface area contributed by atoms with Gasteiger partial charge >= 0.3 is 0 Å². The van der Waals surface area contributed by atoms with Gasteiger partial charge in [0.15, 0.2) is 0 Å². The molecule has 0 aromatic heterocycles. The number of hydrogen-bond donors (Lipinski definition) is 1. The monoisotopic (exact) mass is 246 g/mol. The van der Waals surface area contributed by atoms with Crippen molar-refractivity contribution in [3.63, 3.8) is 0 Å². The van der Waals surface area contributed by atoms with Crippen LogP contribution in [0.15, 0.2) is 67.2 Å². The van der Waals surface area contributed by atoms with Gasteiger partial charge in [0, 0.05) is 5.56 Å². The van der Waals surface area contributed by atoms with Crippen molar-refractivity contribution in [1.29, 1.82) is 0 Å². The second kappa shape index (κ2) is 4.62. The predicted molar refractivity (Wildman–Crippen MR) is 81.1 cm³/mol. The van der Waals surface area contributed by atoms with Crippen LogP contribution in [0.25, 0.3) is 28.0 Å². The van der Waals surface area contributed by atoms with Crippen LogP contribution in [0, 0.1) is 0 Å². The predicted octanol–water partition coefficient (Wildman–Crippen LogP) is 4.86. The fourth-order valence-electron chi connectivity index (χ4n) is 2.36. The summed E-state index contributed by atoms with van der Waals surface area (Å²) in [5.41, 5.74) is 2.88. The zero-order chi connectivity index (χ0) is 13.2. The second-order valence-electron chi connectivity index (χ2n) is 4.51. The van der Waals surface area contributed by atoms with E-state index in [9.17, 15) is 5.11 Å². The molecule has 0 spiro atoms. The van der Waals surface area contributed by atoms with Crippen molar-refractivity contribution in [2.45, 2.75) is 0 Å². The minimum absolute atomic E-state index is 0.293. The van der Waals surface area contributed by atoms with Gasteiger partial charge in [-0.2, -0.15) is 0 Å². The lowest BCUT2D eigenvalue weighted by molar-refractivity contribution is 0.477. The molecule has 1 N–H and O–H groups in total. The number of aromatic hydroxyl groups is 1. The number of rotatable bonds is 2. The van der Waals surface area contributed by atoms with E-state index < -0.39 is 0 Å². The van der Waals surface area contributed by atoms with Crippen molar-refractivity contribution in [2.75, 3.05) is 0 Å². The molecule has 0 aliphatic rings. The Balaban J connectivity index is 2.33. The second-order valence-corrected chi connectivity index (χ2v) is 4.51. The highest BCUT2D eigenvalue weighted by Gasteiger charge is 2.08. The van der Waals surface area contributed by atoms with Gasteiger partial charge in [0.2, 0.25) is 0 Å². The minimum Gasteiger partial charge on any atom is -0.507 e. The first-order chi connectivity index (χ1) is 9.29. The third-order valence-corrected chi connectivity index (χ3v) is 3.34. The molecule has 3 rings (SSSR count). The SMILES string of the molecule is C=Cc1ccc(O)c(-c2cccc3ccccc23)c1. The van der Waals surface area contributed by atoms with E-state index in [1.54, 1.807) is 12.1 Å². The molecule has 19 heavy (non-hydrogen) atoms. The third-order valence-electron chi connectivity index (χ3n) is 3.34. The summed E-state index contributed by atoms with van der Waals surface area (Å²) in [5.74, 6) is 0.293. The summed E-state index contributed by atoms with van der Waals surface area (Å²) in [5, 5.41) is 12.4. The summed E-state index contributed by atoms with van der Waals surface area (Å²) in [6, 6.07) is 19.8. The lowest BCUT2D eigenvalue weighted by Gasteiger charge is -2.09. The van der Waals surface area contributed by atoms with Gasteiger partial charge in [-0.15, -0.1) is 0 Å². The molecule has 0 radical (unpaired) electrons. The lowest BCUT2D eigenvalue weighted by Crippen LogP contribution is -1.83. The average Bonchev–Trinajstić information content (AvgIpc) is 2.47. The fourth-order valence-corrected chi connectivity index (χ4v) is 2.36. The number of hydrogen-bond acceptors (Lipinski definition) is 1. The molecule has 0 aliphatic heterocycles. The van der Waals surface area contributed by atoms with E-state index in [1.807, 2.05) is 36.4 Å². The van der Waals surface area contributed by atoms with E-state index >= 15 is 0 Å². The van der Waals surface area contributed by atoms with Crippen LogP contribution >= 0.6 is 0 Å². The van der Waals surface area contributed by atoms with Crippen LogP contribution in [0.1, 0.15) is 5.56 Å². The summed E-state index contributed by atoms with van der Waals surface area (Å²) in [4.78, 5) is 0. The maximum atomic E-state index is 10.1. The Kier molecular flexibility index (Phi) is 2.81. The molecule has 0 saturated heterocycles. The van der Waals surface area contributed by atoms with Crippen LogP contribution in [-0.2, 0) is 0 Å². The van der Waals surface area contributed by atoms with Crippen molar-refractivity contribution in [2.24, 2.45) is 0 Å². The van der Waals surface area contributed by atoms with E-state index in [0.717, 1.165) is 22.1 Å². The standard InChI is InChI=1S/C18H14O/c1-2-13-10-11-18(19)17(12-13)16-9-5-7-14-6-3-4-8-15(14)16/h2-12,19H,1H2. The van der Waals surface area contributed by atoms with Crippen molar-refractivity contribution in [1.82, 2.24) is 0 Å². The Morgan fingerprint density at radius 2 is 1.63 bits per heavy atom. The van der Waals surface area contributed by atoms with E-state index in [4.69, 9.17) is 0 Å². The molecule has 0 atom stereocenters. The molecule has 1 heteroatoms. The van der Waals surface area contributed by atoms with Gasteiger partial charge in [-0.3, -0.25) is 0 Å². The molecule has 3 aromatic rings. The molecule has 0 aliphatic carbocycles. The number of fused-ring (bicyclic) bond motifs is 1. The largest absolute Gasteiger partial charge is 0.507 e. The quantitative estimate of drug-likeness (QED) is 0.685. The van der Waals surface area contributed by atoms with Crippen LogP contribution in [0.3, 0.4) is 0 Å². The van der Waals surface area contributed by atoms with E-state index in [0.29, 0.717) is 5.75 Å². The van der Waals surface area contributed by atoms with Crippen molar-refractivity contribution in [3.8, 4) is 16.9 Å². The first kappa shape index (κ1) is 11.5. The van der Waals surface area contributed by atoms with Crippen LogP contribution in [0.5, 0.6) is 5.75 Å². The topological polar surface area (TPSA) is 20.2 Å². The first-order valence-corrected chi connectivity index (χ1v) is 6.23. The number of phenolic OH excluding ortho intramolecular Hbond substituents is 1. The minimum atomic E-state index is 0.293. The van der Waals surface area contributed by atoms with Crippen LogP contribution in [-0.4, -0.2) is 5.11 Å². The van der Waals surface area contributed by atoms with E-state index in [2.05, 4.69) is 24.8 Å². The molecule has 0 fully saturated rings. The number of benzene rings is 3. The lowest BCUT2D eigenvalue weighted by atomic mass is 9.96. The summed E-state index contributed by atoms with van der Waals surface area (Å²) >= 11 is 0. The molecule has 92 valence electrons. The normalized spacial score (nSPS) is 10.5. The molecule has 0 unspecified atom stereocenters. The van der Waals surface area contributed by atoms with Gasteiger partial charge in [-0.1, -0.05) is 61.2 Å². The Morgan fingerprint density at radius 3 is 2.47 bits per heavy atom. The van der Waals surface area contributed by atoms with Crippen LogP contribution < -0.4 is 0 Å². The summed E-state index contributed by atoms with van der Waals surface area (Å²) in [6.07, 6.45) is 1.79. The van der Waals surface area contributed by atoms with Gasteiger partial charge in [0.25, 0.3) is 0 Å². The Morgan fingerprint density at radius 1 is 0.842 bits per heavy atom. The van der Waals surface area contributed by atoms with Gasteiger partial charge in [-0.25, -0.2) is 0 Å². The Bertz CT molecular complexity index is 751. The van der Waals surface area contributed by atoms with Gasteiger partial charge in [0.1, 0.15) is 5.75 Å². The Hall–Kier alpha value is -2.54. The third kappa shape index (κ3) is 2.00. The van der Waals surface area contributed by atoms with Crippen LogP contribution in [0.2, 0.25) is 0 Å². The summed E-state index contributed by atoms with van der Waals surface area (Å²) < 4.78 is 0. The van der Waals surface area contributed by atoms with Gasteiger partial charge in [0.05, 0.1) is 0 Å². The van der Waals surface area contributed by atoms with E-state index in [1.165, 1.54) is 5.39 Å². The smallest absolute Gasteiger partial charge is 0.123 e. The molecule has 0 saturated carbocycles. The summed E-state index contributed by atoms with van der Waals surface area (Å²) in [6.45, 7) is 3.78. The highest BCUT2D eigenvalue weighted by Crippen LogP contribution is 2.35. The Labute approximate surface area is 112 Å². The van der Waals surface area contributed by atoms with Crippen molar-refractivity contribution >= 4 is 16.8 Å². The average molecular weight is 246 g/mol. The molecule has 0 bridgehead atoms. The molecule has 0 amide bonds. The first-order valence-electron chi connectivity index (χ1n) is 6.23. The van der Waals surface area contributed by atoms with E-state index in [-0.39, 0.29) is 0 Å². The molecule has 1 nitrogen and oxygen atoms in total. The van der Waals surface area contributed by atoms with Crippen LogP contribution in [0.4, 0.5) is 0 Å². The van der Waals surface area contributed by atoms with Crippen molar-refractivity contribution < 1.29 is 5.11 Å². The maximum absolute atomic E-state index is 10.1.